The second kappa shape index (κ2) is 4.17. The largest absolute Gasteiger partial charge is 0.465 e. The van der Waals surface area contributed by atoms with Crippen molar-refractivity contribution in [3.8, 4) is 5.75 Å². The molecule has 1 aromatic rings. The average molecular weight is 230 g/mol. The van der Waals surface area contributed by atoms with Gasteiger partial charge in [-0.15, -0.1) is 0 Å². The molecule has 5 heteroatoms. The lowest BCUT2D eigenvalue weighted by Crippen LogP contribution is -2.19. The van der Waals surface area contributed by atoms with Crippen molar-refractivity contribution >= 4 is 0 Å². The van der Waals surface area contributed by atoms with E-state index in [0.29, 0.717) is 11.3 Å². The van der Waals surface area contributed by atoms with Gasteiger partial charge in [-0.1, -0.05) is 18.2 Å². The van der Waals surface area contributed by atoms with Crippen LogP contribution in [-0.4, -0.2) is 12.8 Å². The smallest absolute Gasteiger partial charge is 0.411 e. The van der Waals surface area contributed by atoms with E-state index in [0.717, 1.165) is 0 Å². The molecule has 0 spiro atoms. The number of fused-ring (bicyclic) bond motifs is 1. The van der Waals surface area contributed by atoms with Gasteiger partial charge in [-0.05, 0) is 12.1 Å². The van der Waals surface area contributed by atoms with E-state index in [1.54, 1.807) is 24.3 Å². The van der Waals surface area contributed by atoms with Gasteiger partial charge in [0.05, 0.1) is 6.26 Å². The number of alkyl halides is 3. The lowest BCUT2D eigenvalue weighted by atomic mass is 10.1. The second-order valence-corrected chi connectivity index (χ2v) is 3.33. The van der Waals surface area contributed by atoms with E-state index in [1.165, 1.54) is 12.3 Å². The fraction of sp³-hybridized carbons (Fsp3) is 0.273. The summed E-state index contributed by atoms with van der Waals surface area (Å²) in [6.07, 6.45) is -2.23. The minimum absolute atomic E-state index is 0.525. The maximum absolute atomic E-state index is 12.0. The van der Waals surface area contributed by atoms with Crippen LogP contribution >= 0.6 is 0 Å². The molecule has 86 valence electrons. The van der Waals surface area contributed by atoms with Crippen molar-refractivity contribution in [1.82, 2.24) is 0 Å². The van der Waals surface area contributed by atoms with Gasteiger partial charge in [0.2, 0.25) is 0 Å². The summed E-state index contributed by atoms with van der Waals surface area (Å²) in [5.74, 6) is 0.525. The minimum Gasteiger partial charge on any atom is -0.465 e. The molecular weight excluding hydrogens is 221 g/mol. The van der Waals surface area contributed by atoms with E-state index < -0.39 is 18.9 Å². The molecule has 0 radical (unpaired) electrons. The van der Waals surface area contributed by atoms with Gasteiger partial charge >= 0.3 is 6.18 Å². The molecule has 0 aromatic heterocycles. The van der Waals surface area contributed by atoms with Gasteiger partial charge in [0.25, 0.3) is 0 Å². The fourth-order valence-electron chi connectivity index (χ4n) is 1.44. The molecule has 16 heavy (non-hydrogen) atoms. The molecular formula is C11H9F3O2. The van der Waals surface area contributed by atoms with E-state index in [4.69, 9.17) is 9.47 Å². The topological polar surface area (TPSA) is 18.5 Å². The molecule has 1 atom stereocenters. The second-order valence-electron chi connectivity index (χ2n) is 3.33. The predicted octanol–water partition coefficient (Wildman–Crippen LogP) is 3.21. The standard InChI is InChI=1S/C11H9F3O2/c12-11(13,14)7-16-10-5-6-15-9-4-2-1-3-8(9)10/h1-6,10H,7H2. The number of benzene rings is 1. The molecule has 2 nitrogen and oxygen atoms in total. The zero-order valence-corrected chi connectivity index (χ0v) is 8.20. The van der Waals surface area contributed by atoms with Crippen LogP contribution in [0.2, 0.25) is 0 Å². The summed E-state index contributed by atoms with van der Waals surface area (Å²) in [7, 11) is 0. The van der Waals surface area contributed by atoms with Gasteiger partial charge in [-0.2, -0.15) is 13.2 Å². The van der Waals surface area contributed by atoms with Crippen LogP contribution in [0.1, 0.15) is 11.7 Å². The van der Waals surface area contributed by atoms with Gasteiger partial charge in [-0.25, -0.2) is 0 Å². The molecule has 1 heterocycles. The maximum Gasteiger partial charge on any atom is 0.411 e. The summed E-state index contributed by atoms with van der Waals surface area (Å²) >= 11 is 0. The van der Waals surface area contributed by atoms with Crippen LogP contribution in [0.5, 0.6) is 5.75 Å². The van der Waals surface area contributed by atoms with Crippen molar-refractivity contribution in [3.63, 3.8) is 0 Å². The highest BCUT2D eigenvalue weighted by molar-refractivity contribution is 5.39. The van der Waals surface area contributed by atoms with Gasteiger partial charge in [-0.3, -0.25) is 0 Å². The fourth-order valence-corrected chi connectivity index (χ4v) is 1.44. The van der Waals surface area contributed by atoms with Crippen LogP contribution < -0.4 is 4.74 Å². The Morgan fingerprint density at radius 2 is 2.00 bits per heavy atom. The van der Waals surface area contributed by atoms with Gasteiger partial charge in [0, 0.05) is 5.56 Å². The zero-order chi connectivity index (χ0) is 11.6. The third kappa shape index (κ3) is 2.55. The average Bonchev–Trinajstić information content (AvgIpc) is 2.25. The Kier molecular flexibility index (Phi) is 2.87. The van der Waals surface area contributed by atoms with Crippen LogP contribution in [0.15, 0.2) is 36.6 Å². The molecule has 1 unspecified atom stereocenters. The summed E-state index contributed by atoms with van der Waals surface area (Å²) in [4.78, 5) is 0. The van der Waals surface area contributed by atoms with Crippen molar-refractivity contribution in [2.75, 3.05) is 6.61 Å². The third-order valence-corrected chi connectivity index (χ3v) is 2.10. The van der Waals surface area contributed by atoms with Gasteiger partial charge in [0.15, 0.2) is 0 Å². The lowest BCUT2D eigenvalue weighted by Gasteiger charge is -2.21. The van der Waals surface area contributed by atoms with E-state index in [9.17, 15) is 13.2 Å². The molecule has 0 amide bonds. The first-order valence-corrected chi connectivity index (χ1v) is 4.67. The minimum atomic E-state index is -4.32. The molecule has 1 aliphatic heterocycles. The van der Waals surface area contributed by atoms with E-state index >= 15 is 0 Å². The Morgan fingerprint density at radius 3 is 2.75 bits per heavy atom. The molecule has 0 saturated carbocycles. The molecule has 0 N–H and O–H groups in total. The highest BCUT2D eigenvalue weighted by atomic mass is 19.4. The van der Waals surface area contributed by atoms with Crippen molar-refractivity contribution in [3.05, 3.63) is 42.2 Å². The number of hydrogen-bond acceptors (Lipinski definition) is 2. The SMILES string of the molecule is FC(F)(F)COC1C=COc2ccccc21. The van der Waals surface area contributed by atoms with Crippen molar-refractivity contribution in [2.24, 2.45) is 0 Å². The summed E-state index contributed by atoms with van der Waals surface area (Å²) < 4.78 is 45.9. The molecule has 0 aliphatic carbocycles. The number of ether oxygens (including phenoxy) is 2. The van der Waals surface area contributed by atoms with Crippen LogP contribution in [0.4, 0.5) is 13.2 Å². The van der Waals surface area contributed by atoms with Gasteiger partial charge in [0.1, 0.15) is 18.5 Å². The number of para-hydroxylation sites is 1. The molecule has 2 rings (SSSR count). The molecule has 0 bridgehead atoms. The first kappa shape index (κ1) is 11.0. The molecule has 1 aliphatic rings. The Labute approximate surface area is 90.3 Å². The van der Waals surface area contributed by atoms with Gasteiger partial charge < -0.3 is 9.47 Å². The Hall–Kier alpha value is -1.49. The quantitative estimate of drug-likeness (QED) is 0.776. The number of halogens is 3. The highest BCUT2D eigenvalue weighted by Gasteiger charge is 2.30. The van der Waals surface area contributed by atoms with Crippen molar-refractivity contribution in [1.29, 1.82) is 0 Å². The molecule has 0 saturated heterocycles. The van der Waals surface area contributed by atoms with E-state index in [2.05, 4.69) is 0 Å². The summed E-state index contributed by atoms with van der Waals surface area (Å²) in [5.41, 5.74) is 0.606. The zero-order valence-electron chi connectivity index (χ0n) is 8.20. The molecule has 1 aromatic carbocycles. The summed E-state index contributed by atoms with van der Waals surface area (Å²) in [5, 5.41) is 0. The summed E-state index contributed by atoms with van der Waals surface area (Å²) in [6, 6.07) is 6.84. The Balaban J connectivity index is 2.11. The predicted molar refractivity (Wildman–Crippen MR) is 51.0 cm³/mol. The highest BCUT2D eigenvalue weighted by Crippen LogP contribution is 2.33. The number of rotatable bonds is 2. The Morgan fingerprint density at radius 1 is 1.25 bits per heavy atom. The number of hydrogen-bond donors (Lipinski definition) is 0. The van der Waals surface area contributed by atoms with Crippen LogP contribution in [0.3, 0.4) is 0 Å². The van der Waals surface area contributed by atoms with Crippen LogP contribution in [0.25, 0.3) is 0 Å². The first-order valence-electron chi connectivity index (χ1n) is 4.67. The lowest BCUT2D eigenvalue weighted by molar-refractivity contribution is -0.181. The van der Waals surface area contributed by atoms with Crippen molar-refractivity contribution < 1.29 is 22.6 Å². The van der Waals surface area contributed by atoms with E-state index in [-0.39, 0.29) is 0 Å². The summed E-state index contributed by atoms with van der Waals surface area (Å²) in [6.45, 7) is -1.27. The van der Waals surface area contributed by atoms with Crippen LogP contribution in [0, 0.1) is 0 Å². The Bertz CT molecular complexity index is 398. The molecule has 0 fully saturated rings. The van der Waals surface area contributed by atoms with Crippen LogP contribution in [-0.2, 0) is 4.74 Å². The van der Waals surface area contributed by atoms with Crippen molar-refractivity contribution in [2.45, 2.75) is 12.3 Å². The third-order valence-electron chi connectivity index (χ3n) is 2.10. The normalized spacial score (nSPS) is 19.1. The monoisotopic (exact) mass is 230 g/mol. The van der Waals surface area contributed by atoms with E-state index in [1.807, 2.05) is 0 Å². The first-order chi connectivity index (χ1) is 7.56. The maximum atomic E-state index is 12.0.